The zero-order valence-corrected chi connectivity index (χ0v) is 11.1. The van der Waals surface area contributed by atoms with Crippen LogP contribution in [-0.4, -0.2) is 12.1 Å². The molecule has 0 atom stereocenters. The normalized spacial score (nSPS) is 10.2. The fourth-order valence-electron chi connectivity index (χ4n) is 1.55. The van der Waals surface area contributed by atoms with Crippen molar-refractivity contribution in [1.29, 1.82) is 0 Å². The van der Waals surface area contributed by atoms with E-state index >= 15 is 0 Å². The van der Waals surface area contributed by atoms with Crippen LogP contribution in [0.3, 0.4) is 0 Å². The number of hydrogen-bond acceptors (Lipinski definition) is 3. The molecule has 0 saturated carbocycles. The Kier molecular flexibility index (Phi) is 4.05. The van der Waals surface area contributed by atoms with Gasteiger partial charge in [0, 0.05) is 11.8 Å². The molecule has 0 spiro atoms. The number of benzene rings is 1. The quantitative estimate of drug-likeness (QED) is 0.790. The molecule has 1 aromatic heterocycles. The van der Waals surface area contributed by atoms with Crippen molar-refractivity contribution in [2.45, 2.75) is 13.5 Å². The molecule has 0 aliphatic heterocycles. The van der Waals surface area contributed by atoms with E-state index in [1.54, 1.807) is 19.4 Å². The second kappa shape index (κ2) is 5.74. The van der Waals surface area contributed by atoms with Gasteiger partial charge in [0.1, 0.15) is 11.8 Å². The summed E-state index contributed by atoms with van der Waals surface area (Å²) in [6, 6.07) is 9.45. The summed E-state index contributed by atoms with van der Waals surface area (Å²) in [7, 11) is 1.63. The average molecular weight is 264 g/mol. The third-order valence-electron chi connectivity index (χ3n) is 2.50. The third kappa shape index (κ3) is 3.14. The van der Waals surface area contributed by atoms with Gasteiger partial charge in [0.2, 0.25) is 0 Å². The maximum Gasteiger partial charge on any atom is 0.161 e. The number of aromatic nitrogens is 1. The van der Waals surface area contributed by atoms with Crippen LogP contribution in [0.4, 0.5) is 0 Å². The summed E-state index contributed by atoms with van der Waals surface area (Å²) in [6.45, 7) is 2.44. The first kappa shape index (κ1) is 12.7. The Morgan fingerprint density at radius 2 is 2.00 bits per heavy atom. The van der Waals surface area contributed by atoms with E-state index in [0.717, 1.165) is 22.6 Å². The van der Waals surface area contributed by atoms with Crippen molar-refractivity contribution in [2.75, 3.05) is 7.11 Å². The smallest absolute Gasteiger partial charge is 0.161 e. The molecule has 2 rings (SSSR count). The third-order valence-corrected chi connectivity index (χ3v) is 2.73. The molecule has 0 saturated heterocycles. The highest BCUT2D eigenvalue weighted by molar-refractivity contribution is 6.29. The lowest BCUT2D eigenvalue weighted by atomic mass is 10.2. The van der Waals surface area contributed by atoms with Crippen molar-refractivity contribution >= 4 is 11.6 Å². The minimum atomic E-state index is 0.434. The minimum Gasteiger partial charge on any atom is -0.493 e. The highest BCUT2D eigenvalue weighted by atomic mass is 35.5. The molecule has 1 heterocycles. The molecule has 2 aromatic rings. The highest BCUT2D eigenvalue weighted by Gasteiger charge is 2.04. The molecule has 0 unspecified atom stereocenters. The first-order valence-corrected chi connectivity index (χ1v) is 5.94. The standard InChI is InChI=1S/C14H14ClNO2/c1-10-3-5-12(13(7-10)17-2)18-9-11-4-6-14(15)16-8-11/h3-8H,9H2,1-2H3. The van der Waals surface area contributed by atoms with Gasteiger partial charge < -0.3 is 9.47 Å². The summed E-state index contributed by atoms with van der Waals surface area (Å²) in [6.07, 6.45) is 1.70. The lowest BCUT2D eigenvalue weighted by molar-refractivity contribution is 0.284. The molecule has 18 heavy (non-hydrogen) atoms. The van der Waals surface area contributed by atoms with Gasteiger partial charge >= 0.3 is 0 Å². The Morgan fingerprint density at radius 3 is 2.67 bits per heavy atom. The summed E-state index contributed by atoms with van der Waals surface area (Å²) in [5.41, 5.74) is 2.09. The molecule has 0 bridgehead atoms. The highest BCUT2D eigenvalue weighted by Crippen LogP contribution is 2.28. The minimum absolute atomic E-state index is 0.434. The van der Waals surface area contributed by atoms with Gasteiger partial charge in [-0.05, 0) is 30.7 Å². The van der Waals surface area contributed by atoms with Gasteiger partial charge in [-0.15, -0.1) is 0 Å². The molecule has 0 N–H and O–H groups in total. The average Bonchev–Trinajstić information content (AvgIpc) is 2.39. The van der Waals surface area contributed by atoms with Gasteiger partial charge in [0.15, 0.2) is 11.5 Å². The molecular weight excluding hydrogens is 250 g/mol. The number of ether oxygens (including phenoxy) is 2. The number of pyridine rings is 1. The van der Waals surface area contributed by atoms with Crippen LogP contribution in [0.1, 0.15) is 11.1 Å². The molecule has 4 heteroatoms. The van der Waals surface area contributed by atoms with Gasteiger partial charge in [-0.1, -0.05) is 23.7 Å². The van der Waals surface area contributed by atoms with Crippen LogP contribution >= 0.6 is 11.6 Å². The van der Waals surface area contributed by atoms with E-state index in [2.05, 4.69) is 4.98 Å². The second-order valence-corrected chi connectivity index (χ2v) is 4.32. The molecule has 0 fully saturated rings. The van der Waals surface area contributed by atoms with Crippen LogP contribution in [0.25, 0.3) is 0 Å². The monoisotopic (exact) mass is 263 g/mol. The largest absolute Gasteiger partial charge is 0.493 e. The first-order chi connectivity index (χ1) is 8.69. The molecule has 0 aliphatic carbocycles. The van der Waals surface area contributed by atoms with E-state index < -0.39 is 0 Å². The lowest BCUT2D eigenvalue weighted by Gasteiger charge is -2.11. The van der Waals surface area contributed by atoms with Crippen LogP contribution in [0.15, 0.2) is 36.5 Å². The molecule has 1 aromatic carbocycles. The Morgan fingerprint density at radius 1 is 1.17 bits per heavy atom. The topological polar surface area (TPSA) is 31.4 Å². The number of methoxy groups -OCH3 is 1. The number of aryl methyl sites for hydroxylation is 1. The van der Waals surface area contributed by atoms with Crippen molar-refractivity contribution in [2.24, 2.45) is 0 Å². The number of hydrogen-bond donors (Lipinski definition) is 0. The van der Waals surface area contributed by atoms with Gasteiger partial charge in [-0.2, -0.15) is 0 Å². The van der Waals surface area contributed by atoms with Crippen LogP contribution < -0.4 is 9.47 Å². The van der Waals surface area contributed by atoms with E-state index in [1.165, 1.54) is 0 Å². The van der Waals surface area contributed by atoms with Crippen LogP contribution in [-0.2, 0) is 6.61 Å². The number of rotatable bonds is 4. The second-order valence-electron chi connectivity index (χ2n) is 3.93. The number of halogens is 1. The van der Waals surface area contributed by atoms with Crippen LogP contribution in [0.2, 0.25) is 5.15 Å². The van der Waals surface area contributed by atoms with Gasteiger partial charge in [0.05, 0.1) is 7.11 Å². The Hall–Kier alpha value is -1.74. The van der Waals surface area contributed by atoms with Crippen molar-refractivity contribution in [1.82, 2.24) is 4.98 Å². The molecule has 3 nitrogen and oxygen atoms in total. The van der Waals surface area contributed by atoms with Crippen LogP contribution in [0, 0.1) is 6.92 Å². The lowest BCUT2D eigenvalue weighted by Crippen LogP contribution is -1.98. The van der Waals surface area contributed by atoms with E-state index in [0.29, 0.717) is 11.8 Å². The fraction of sp³-hybridized carbons (Fsp3) is 0.214. The van der Waals surface area contributed by atoms with Crippen LogP contribution in [0.5, 0.6) is 11.5 Å². The summed E-state index contributed by atoms with van der Waals surface area (Å²) >= 11 is 5.72. The van der Waals surface area contributed by atoms with Gasteiger partial charge in [-0.25, -0.2) is 4.98 Å². The number of nitrogens with zero attached hydrogens (tertiary/aromatic N) is 1. The summed E-state index contributed by atoms with van der Waals surface area (Å²) in [4.78, 5) is 4.00. The summed E-state index contributed by atoms with van der Waals surface area (Å²) < 4.78 is 11.0. The molecule has 0 radical (unpaired) electrons. The maximum atomic E-state index is 5.72. The molecular formula is C14H14ClNO2. The fourth-order valence-corrected chi connectivity index (χ4v) is 1.66. The zero-order valence-electron chi connectivity index (χ0n) is 10.3. The predicted octanol–water partition coefficient (Wildman–Crippen LogP) is 3.63. The Bertz CT molecular complexity index is 526. The first-order valence-electron chi connectivity index (χ1n) is 5.57. The Balaban J connectivity index is 2.08. The molecule has 0 aliphatic rings. The van der Waals surface area contributed by atoms with Gasteiger partial charge in [-0.3, -0.25) is 0 Å². The SMILES string of the molecule is COc1cc(C)ccc1OCc1ccc(Cl)nc1. The summed E-state index contributed by atoms with van der Waals surface area (Å²) in [5.74, 6) is 1.45. The van der Waals surface area contributed by atoms with Crippen molar-refractivity contribution in [3.63, 3.8) is 0 Å². The zero-order chi connectivity index (χ0) is 13.0. The van der Waals surface area contributed by atoms with Gasteiger partial charge in [0.25, 0.3) is 0 Å². The molecule has 94 valence electrons. The van der Waals surface area contributed by atoms with E-state index in [1.807, 2.05) is 31.2 Å². The maximum absolute atomic E-state index is 5.72. The summed E-state index contributed by atoms with van der Waals surface area (Å²) in [5, 5.41) is 0.478. The van der Waals surface area contributed by atoms with E-state index in [-0.39, 0.29) is 0 Å². The predicted molar refractivity (Wildman–Crippen MR) is 71.3 cm³/mol. The molecule has 0 amide bonds. The van der Waals surface area contributed by atoms with Crippen molar-refractivity contribution in [3.8, 4) is 11.5 Å². The van der Waals surface area contributed by atoms with E-state index in [9.17, 15) is 0 Å². The Labute approximate surface area is 111 Å². The van der Waals surface area contributed by atoms with Crippen molar-refractivity contribution < 1.29 is 9.47 Å². The van der Waals surface area contributed by atoms with Crippen molar-refractivity contribution in [3.05, 3.63) is 52.8 Å². The van der Waals surface area contributed by atoms with E-state index in [4.69, 9.17) is 21.1 Å².